The smallest absolute Gasteiger partial charge is 0.227 e. The van der Waals surface area contributed by atoms with E-state index in [1.807, 2.05) is 24.3 Å². The summed E-state index contributed by atoms with van der Waals surface area (Å²) in [5.74, 6) is -0.191. The van der Waals surface area contributed by atoms with E-state index in [2.05, 4.69) is 10.2 Å². The van der Waals surface area contributed by atoms with Gasteiger partial charge in [0.25, 0.3) is 0 Å². The van der Waals surface area contributed by atoms with Crippen LogP contribution in [0.3, 0.4) is 0 Å². The van der Waals surface area contributed by atoms with E-state index in [1.54, 1.807) is 0 Å². The lowest BCUT2D eigenvalue weighted by Crippen LogP contribution is -2.39. The normalized spacial score (nSPS) is 24.8. The van der Waals surface area contributed by atoms with Crippen LogP contribution in [0.4, 0.5) is 11.4 Å². The highest BCUT2D eigenvalue weighted by Crippen LogP contribution is 2.31. The highest BCUT2D eigenvalue weighted by atomic mass is 16.2. The van der Waals surface area contributed by atoms with Crippen LogP contribution in [-0.2, 0) is 9.59 Å². The van der Waals surface area contributed by atoms with E-state index >= 15 is 0 Å². The molecule has 25 heavy (non-hydrogen) atoms. The number of primary amides is 1. The minimum atomic E-state index is -0.213. The van der Waals surface area contributed by atoms with Crippen molar-refractivity contribution in [3.05, 3.63) is 24.3 Å². The van der Waals surface area contributed by atoms with Crippen LogP contribution in [0, 0.1) is 11.8 Å². The Morgan fingerprint density at radius 2 is 1.76 bits per heavy atom. The molecule has 1 saturated heterocycles. The zero-order chi connectivity index (χ0) is 17.8. The van der Waals surface area contributed by atoms with Crippen LogP contribution in [0.2, 0.25) is 0 Å². The maximum Gasteiger partial charge on any atom is 0.227 e. The molecule has 136 valence electrons. The molecule has 3 rings (SSSR count). The SMILES string of the molecule is NC(=O)C1CCN(c2ccccc2NC(=O)C2CCCC(N)C2)CC1. The number of para-hydroxylation sites is 2. The number of hydrogen-bond acceptors (Lipinski definition) is 4. The minimum absolute atomic E-state index is 0.00240. The Morgan fingerprint density at radius 1 is 1.04 bits per heavy atom. The first-order valence-electron chi connectivity index (χ1n) is 9.24. The Hall–Kier alpha value is -2.08. The number of hydrogen-bond donors (Lipinski definition) is 3. The molecule has 6 nitrogen and oxygen atoms in total. The van der Waals surface area contributed by atoms with Crippen molar-refractivity contribution in [2.24, 2.45) is 23.3 Å². The van der Waals surface area contributed by atoms with Gasteiger partial charge in [-0.3, -0.25) is 9.59 Å². The molecule has 2 fully saturated rings. The fourth-order valence-corrected chi connectivity index (χ4v) is 3.96. The summed E-state index contributed by atoms with van der Waals surface area (Å²) in [5, 5.41) is 3.10. The van der Waals surface area contributed by atoms with E-state index in [0.29, 0.717) is 0 Å². The van der Waals surface area contributed by atoms with Crippen molar-refractivity contribution < 1.29 is 9.59 Å². The Labute approximate surface area is 148 Å². The van der Waals surface area contributed by atoms with Crippen LogP contribution in [0.5, 0.6) is 0 Å². The number of rotatable bonds is 4. The van der Waals surface area contributed by atoms with E-state index in [-0.39, 0.29) is 29.7 Å². The predicted octanol–water partition coefficient (Wildman–Crippen LogP) is 1.84. The zero-order valence-corrected chi connectivity index (χ0v) is 14.6. The third-order valence-electron chi connectivity index (χ3n) is 5.49. The number of nitrogens with one attached hydrogen (secondary N) is 1. The summed E-state index contributed by atoms with van der Waals surface area (Å²) in [6.07, 6.45) is 5.21. The van der Waals surface area contributed by atoms with Crippen molar-refractivity contribution in [3.8, 4) is 0 Å². The van der Waals surface area contributed by atoms with Crippen LogP contribution in [0.25, 0.3) is 0 Å². The quantitative estimate of drug-likeness (QED) is 0.776. The van der Waals surface area contributed by atoms with Gasteiger partial charge in [0.15, 0.2) is 0 Å². The monoisotopic (exact) mass is 344 g/mol. The molecule has 0 spiro atoms. The fraction of sp³-hybridized carbons (Fsp3) is 0.579. The summed E-state index contributed by atoms with van der Waals surface area (Å²) < 4.78 is 0. The number of nitrogens with zero attached hydrogens (tertiary/aromatic N) is 1. The maximum atomic E-state index is 12.6. The number of benzene rings is 1. The molecule has 2 unspecified atom stereocenters. The molecule has 1 aliphatic carbocycles. The van der Waals surface area contributed by atoms with Crippen molar-refractivity contribution in [2.45, 2.75) is 44.6 Å². The average molecular weight is 344 g/mol. The Kier molecular flexibility index (Phi) is 5.58. The van der Waals surface area contributed by atoms with Crippen molar-refractivity contribution >= 4 is 23.2 Å². The van der Waals surface area contributed by atoms with Gasteiger partial charge in [0.2, 0.25) is 11.8 Å². The first kappa shape index (κ1) is 17.7. The molecule has 1 aromatic carbocycles. The Morgan fingerprint density at radius 3 is 2.44 bits per heavy atom. The number of amides is 2. The Balaban J connectivity index is 1.67. The minimum Gasteiger partial charge on any atom is -0.370 e. The van der Waals surface area contributed by atoms with E-state index < -0.39 is 0 Å². The summed E-state index contributed by atoms with van der Waals surface area (Å²) in [6, 6.07) is 8.00. The maximum absolute atomic E-state index is 12.6. The predicted molar refractivity (Wildman–Crippen MR) is 99.1 cm³/mol. The first-order chi connectivity index (χ1) is 12.0. The first-order valence-corrected chi connectivity index (χ1v) is 9.24. The van der Waals surface area contributed by atoms with E-state index in [9.17, 15) is 9.59 Å². The lowest BCUT2D eigenvalue weighted by molar-refractivity contribution is -0.122. The van der Waals surface area contributed by atoms with Gasteiger partial charge < -0.3 is 21.7 Å². The second kappa shape index (κ2) is 7.87. The van der Waals surface area contributed by atoms with Gasteiger partial charge in [-0.25, -0.2) is 0 Å². The molecule has 1 saturated carbocycles. The van der Waals surface area contributed by atoms with Gasteiger partial charge in [0.05, 0.1) is 11.4 Å². The van der Waals surface area contributed by atoms with Crippen molar-refractivity contribution in [2.75, 3.05) is 23.3 Å². The highest BCUT2D eigenvalue weighted by molar-refractivity contribution is 5.96. The average Bonchev–Trinajstić information content (AvgIpc) is 2.62. The van der Waals surface area contributed by atoms with Crippen LogP contribution in [-0.4, -0.2) is 30.9 Å². The second-order valence-corrected chi connectivity index (χ2v) is 7.29. The molecule has 6 heteroatoms. The largest absolute Gasteiger partial charge is 0.370 e. The molecule has 2 aliphatic rings. The summed E-state index contributed by atoms with van der Waals surface area (Å²) >= 11 is 0. The van der Waals surface area contributed by atoms with Gasteiger partial charge >= 0.3 is 0 Å². The molecule has 1 heterocycles. The van der Waals surface area contributed by atoms with Crippen LogP contribution < -0.4 is 21.7 Å². The fourth-order valence-electron chi connectivity index (χ4n) is 3.96. The molecule has 2 atom stereocenters. The molecule has 1 aromatic rings. The number of carbonyl (C=O) groups excluding carboxylic acids is 2. The standard InChI is InChI=1S/C19H28N4O2/c20-15-5-3-4-14(12-15)19(25)22-16-6-1-2-7-17(16)23-10-8-13(9-11-23)18(21)24/h1-2,6-7,13-15H,3-5,8-12,20H2,(H2,21,24)(H,22,25). The summed E-state index contributed by atoms with van der Waals surface area (Å²) in [7, 11) is 0. The zero-order valence-electron chi connectivity index (χ0n) is 14.6. The molecule has 0 radical (unpaired) electrons. The van der Waals surface area contributed by atoms with E-state index in [0.717, 1.165) is 63.0 Å². The highest BCUT2D eigenvalue weighted by Gasteiger charge is 2.27. The number of carbonyl (C=O) groups is 2. The Bertz CT molecular complexity index is 626. The van der Waals surface area contributed by atoms with Crippen molar-refractivity contribution in [1.82, 2.24) is 0 Å². The molecule has 0 bridgehead atoms. The van der Waals surface area contributed by atoms with Gasteiger partial charge in [-0.15, -0.1) is 0 Å². The lowest BCUT2D eigenvalue weighted by atomic mass is 9.85. The van der Waals surface area contributed by atoms with Crippen molar-refractivity contribution in [1.29, 1.82) is 0 Å². The van der Waals surface area contributed by atoms with Gasteiger partial charge in [0.1, 0.15) is 0 Å². The van der Waals surface area contributed by atoms with E-state index in [1.165, 1.54) is 0 Å². The van der Waals surface area contributed by atoms with Gasteiger partial charge in [0, 0.05) is 31.0 Å². The summed E-state index contributed by atoms with van der Waals surface area (Å²) in [6.45, 7) is 1.55. The molecular weight excluding hydrogens is 316 g/mol. The molecule has 1 aliphatic heterocycles. The second-order valence-electron chi connectivity index (χ2n) is 7.29. The van der Waals surface area contributed by atoms with Gasteiger partial charge in [-0.2, -0.15) is 0 Å². The molecule has 2 amide bonds. The molecular formula is C19H28N4O2. The summed E-state index contributed by atoms with van der Waals surface area (Å²) in [4.78, 5) is 26.2. The number of piperidine rings is 1. The van der Waals surface area contributed by atoms with Gasteiger partial charge in [-0.1, -0.05) is 18.6 Å². The summed E-state index contributed by atoms with van der Waals surface area (Å²) in [5.41, 5.74) is 13.3. The molecule has 0 aromatic heterocycles. The number of nitrogens with two attached hydrogens (primary N) is 2. The third kappa shape index (κ3) is 4.31. The third-order valence-corrected chi connectivity index (χ3v) is 5.49. The van der Waals surface area contributed by atoms with Crippen molar-refractivity contribution in [3.63, 3.8) is 0 Å². The topological polar surface area (TPSA) is 101 Å². The van der Waals surface area contributed by atoms with Crippen LogP contribution in [0.15, 0.2) is 24.3 Å². The molecule has 5 N–H and O–H groups in total. The van der Waals surface area contributed by atoms with Crippen LogP contribution >= 0.6 is 0 Å². The van der Waals surface area contributed by atoms with Gasteiger partial charge in [-0.05, 0) is 44.2 Å². The lowest BCUT2D eigenvalue weighted by Gasteiger charge is -2.34. The van der Waals surface area contributed by atoms with E-state index in [4.69, 9.17) is 11.5 Å². The van der Waals surface area contributed by atoms with Crippen LogP contribution in [0.1, 0.15) is 38.5 Å². The number of anilines is 2.